The van der Waals surface area contributed by atoms with Gasteiger partial charge in [0.15, 0.2) is 0 Å². The molecule has 0 spiro atoms. The van der Waals surface area contributed by atoms with E-state index in [1.807, 2.05) is 6.07 Å². The minimum Gasteiger partial charge on any atom is -0.340 e. The second-order valence-corrected chi connectivity index (χ2v) is 8.62. The molecule has 0 saturated carbocycles. The fraction of sp³-hybridized carbons (Fsp3) is 0.583. The number of sulfonamides is 1. The van der Waals surface area contributed by atoms with Crippen LogP contribution in [0.2, 0.25) is 4.34 Å². The molecule has 0 atom stereocenters. The first-order valence-corrected chi connectivity index (χ1v) is 9.22. The van der Waals surface area contributed by atoms with E-state index >= 15 is 0 Å². The van der Waals surface area contributed by atoms with Crippen molar-refractivity contribution in [2.24, 2.45) is 0 Å². The van der Waals surface area contributed by atoms with Crippen LogP contribution in [0.15, 0.2) is 12.1 Å². The summed E-state index contributed by atoms with van der Waals surface area (Å²) in [5, 5.41) is 0. The van der Waals surface area contributed by atoms with Crippen molar-refractivity contribution in [3.05, 3.63) is 21.3 Å². The Kier molecular flexibility index (Phi) is 5.06. The van der Waals surface area contributed by atoms with Crippen molar-refractivity contribution in [1.29, 1.82) is 0 Å². The number of carbonyl (C=O) groups is 1. The lowest BCUT2D eigenvalue weighted by Crippen LogP contribution is -2.51. The monoisotopic (exact) mass is 336 g/mol. The Morgan fingerprint density at radius 1 is 1.30 bits per heavy atom. The highest BCUT2D eigenvalue weighted by Crippen LogP contribution is 2.22. The van der Waals surface area contributed by atoms with Gasteiger partial charge in [0.25, 0.3) is 0 Å². The van der Waals surface area contributed by atoms with Gasteiger partial charge < -0.3 is 4.90 Å². The molecule has 20 heavy (non-hydrogen) atoms. The summed E-state index contributed by atoms with van der Waals surface area (Å²) in [6.45, 7) is 3.31. The molecule has 1 saturated heterocycles. The zero-order valence-electron chi connectivity index (χ0n) is 11.2. The van der Waals surface area contributed by atoms with Crippen molar-refractivity contribution in [1.82, 2.24) is 9.21 Å². The summed E-state index contributed by atoms with van der Waals surface area (Å²) in [7, 11) is -3.15. The molecule has 1 aliphatic heterocycles. The van der Waals surface area contributed by atoms with Crippen LogP contribution < -0.4 is 0 Å². The Hall–Kier alpha value is -0.630. The lowest BCUT2D eigenvalue weighted by Gasteiger charge is -2.33. The molecule has 1 amide bonds. The van der Waals surface area contributed by atoms with Gasteiger partial charge in [0, 0.05) is 31.1 Å². The van der Waals surface area contributed by atoms with Gasteiger partial charge in [-0.25, -0.2) is 8.42 Å². The summed E-state index contributed by atoms with van der Waals surface area (Å²) < 4.78 is 25.6. The second kappa shape index (κ2) is 6.43. The number of nitrogens with zero attached hydrogens (tertiary/aromatic N) is 2. The Morgan fingerprint density at radius 3 is 2.45 bits per heavy atom. The van der Waals surface area contributed by atoms with Gasteiger partial charge in [-0.3, -0.25) is 4.79 Å². The van der Waals surface area contributed by atoms with Gasteiger partial charge in [-0.05, 0) is 19.1 Å². The molecule has 5 nitrogen and oxygen atoms in total. The van der Waals surface area contributed by atoms with Gasteiger partial charge in [0.05, 0.1) is 16.5 Å². The molecule has 0 unspecified atom stereocenters. The number of hydrogen-bond acceptors (Lipinski definition) is 4. The van der Waals surface area contributed by atoms with Crippen LogP contribution in [0.25, 0.3) is 0 Å². The molecule has 0 aromatic carbocycles. The van der Waals surface area contributed by atoms with E-state index in [2.05, 4.69) is 0 Å². The lowest BCUT2D eigenvalue weighted by atomic mass is 10.3. The highest BCUT2D eigenvalue weighted by molar-refractivity contribution is 7.89. The van der Waals surface area contributed by atoms with Crippen molar-refractivity contribution in [3.63, 3.8) is 0 Å². The van der Waals surface area contributed by atoms with Crippen LogP contribution in [-0.2, 0) is 21.2 Å². The molecule has 1 aromatic heterocycles. The third-order valence-electron chi connectivity index (χ3n) is 3.30. The smallest absolute Gasteiger partial charge is 0.227 e. The Bertz CT molecular complexity index is 577. The minimum atomic E-state index is -3.15. The molecule has 1 aromatic rings. The standard InChI is InChI=1S/C12H17ClN2O3S2/c1-2-20(17,18)15-7-5-14(6-8-15)12(16)9-10-3-4-11(13)19-10/h3-4H,2,5-9H2,1H3. The SMILES string of the molecule is CCS(=O)(=O)N1CCN(C(=O)Cc2ccc(Cl)s2)CC1. The summed E-state index contributed by atoms with van der Waals surface area (Å²) in [6, 6.07) is 3.63. The van der Waals surface area contributed by atoms with E-state index < -0.39 is 10.0 Å². The number of halogens is 1. The third kappa shape index (κ3) is 3.72. The van der Waals surface area contributed by atoms with Crippen LogP contribution in [0, 0.1) is 0 Å². The summed E-state index contributed by atoms with van der Waals surface area (Å²) in [5.74, 6) is 0.131. The van der Waals surface area contributed by atoms with Crippen molar-refractivity contribution in [2.45, 2.75) is 13.3 Å². The summed E-state index contributed by atoms with van der Waals surface area (Å²) in [4.78, 5) is 14.8. The largest absolute Gasteiger partial charge is 0.340 e. The predicted octanol–water partition coefficient (Wildman–Crippen LogP) is 1.44. The summed E-state index contributed by atoms with van der Waals surface area (Å²) in [6.07, 6.45) is 0.331. The second-order valence-electron chi connectivity index (χ2n) is 4.56. The molecular formula is C12H17ClN2O3S2. The first kappa shape index (κ1) is 15.8. The van der Waals surface area contributed by atoms with Gasteiger partial charge in [-0.15, -0.1) is 11.3 Å². The Morgan fingerprint density at radius 2 is 1.95 bits per heavy atom. The average molecular weight is 337 g/mol. The predicted molar refractivity (Wildman–Crippen MR) is 80.6 cm³/mol. The van der Waals surface area contributed by atoms with E-state index in [1.165, 1.54) is 15.6 Å². The normalized spacial score (nSPS) is 17.4. The van der Waals surface area contributed by atoms with Crippen molar-refractivity contribution < 1.29 is 13.2 Å². The van der Waals surface area contributed by atoms with Gasteiger partial charge in [-0.1, -0.05) is 11.6 Å². The van der Waals surface area contributed by atoms with Crippen LogP contribution in [0.5, 0.6) is 0 Å². The molecule has 112 valence electrons. The number of amides is 1. The van der Waals surface area contributed by atoms with Crippen molar-refractivity contribution in [3.8, 4) is 0 Å². The third-order valence-corrected chi connectivity index (χ3v) is 6.42. The maximum Gasteiger partial charge on any atom is 0.227 e. The Balaban J connectivity index is 1.89. The number of thiophene rings is 1. The maximum absolute atomic E-state index is 12.1. The summed E-state index contributed by atoms with van der Waals surface area (Å²) >= 11 is 7.24. The maximum atomic E-state index is 12.1. The average Bonchev–Trinajstić information content (AvgIpc) is 2.84. The van der Waals surface area contributed by atoms with E-state index in [0.717, 1.165) is 4.88 Å². The van der Waals surface area contributed by atoms with Gasteiger partial charge in [-0.2, -0.15) is 4.31 Å². The van der Waals surface area contributed by atoms with Crippen molar-refractivity contribution in [2.75, 3.05) is 31.9 Å². The molecule has 0 bridgehead atoms. The lowest BCUT2D eigenvalue weighted by molar-refractivity contribution is -0.131. The topological polar surface area (TPSA) is 57.7 Å². The van der Waals surface area contributed by atoms with E-state index in [9.17, 15) is 13.2 Å². The number of carbonyl (C=O) groups excluding carboxylic acids is 1. The molecule has 2 heterocycles. The summed E-state index contributed by atoms with van der Waals surface area (Å²) in [5.41, 5.74) is 0. The van der Waals surface area contributed by atoms with E-state index in [4.69, 9.17) is 11.6 Å². The van der Waals surface area contributed by atoms with Gasteiger partial charge >= 0.3 is 0 Å². The first-order chi connectivity index (χ1) is 9.42. The van der Waals surface area contributed by atoms with Crippen LogP contribution in [0.3, 0.4) is 0 Å². The van der Waals surface area contributed by atoms with E-state index in [0.29, 0.717) is 36.9 Å². The highest BCUT2D eigenvalue weighted by atomic mass is 35.5. The molecule has 1 aliphatic rings. The van der Waals surface area contributed by atoms with Crippen LogP contribution in [0.4, 0.5) is 0 Å². The van der Waals surface area contributed by atoms with Crippen molar-refractivity contribution >= 4 is 38.9 Å². The zero-order valence-corrected chi connectivity index (χ0v) is 13.6. The molecule has 1 fully saturated rings. The fourth-order valence-corrected chi connectivity index (χ4v) is 4.27. The van der Waals surface area contributed by atoms with E-state index in [-0.39, 0.29) is 11.7 Å². The molecule has 0 aliphatic carbocycles. The van der Waals surface area contributed by atoms with Gasteiger partial charge in [0.1, 0.15) is 0 Å². The minimum absolute atomic E-state index is 0.0251. The van der Waals surface area contributed by atoms with E-state index in [1.54, 1.807) is 17.9 Å². The molecule has 0 radical (unpaired) electrons. The molecule has 8 heteroatoms. The van der Waals surface area contributed by atoms with Crippen LogP contribution >= 0.6 is 22.9 Å². The number of rotatable bonds is 4. The number of piperazine rings is 1. The van der Waals surface area contributed by atoms with Crippen LogP contribution in [-0.4, -0.2) is 55.5 Å². The zero-order chi connectivity index (χ0) is 14.8. The first-order valence-electron chi connectivity index (χ1n) is 6.42. The fourth-order valence-electron chi connectivity index (χ4n) is 2.11. The number of hydrogen-bond donors (Lipinski definition) is 0. The quantitative estimate of drug-likeness (QED) is 0.836. The molecular weight excluding hydrogens is 320 g/mol. The molecule has 0 N–H and O–H groups in total. The highest BCUT2D eigenvalue weighted by Gasteiger charge is 2.27. The van der Waals surface area contributed by atoms with Crippen LogP contribution in [0.1, 0.15) is 11.8 Å². The molecule has 2 rings (SSSR count). The Labute approximate surface area is 128 Å². The van der Waals surface area contributed by atoms with Gasteiger partial charge in [0.2, 0.25) is 15.9 Å².